The molecule has 0 bridgehead atoms. The van der Waals surface area contributed by atoms with Crippen LogP contribution in [0.15, 0.2) is 46.9 Å². The summed E-state index contributed by atoms with van der Waals surface area (Å²) in [5, 5.41) is 8.80. The van der Waals surface area contributed by atoms with Gasteiger partial charge in [-0.3, -0.25) is 5.01 Å². The fraction of sp³-hybridized carbons (Fsp3) is 0.267. The largest absolute Gasteiger partial charge is 0.495 e. The number of nitrogens with zero attached hydrogens (tertiary/aromatic N) is 2. The Morgan fingerprint density at radius 2 is 2.20 bits per heavy atom. The smallest absolute Gasteiger partial charge is 0.144 e. The van der Waals surface area contributed by atoms with Crippen LogP contribution in [0.3, 0.4) is 0 Å². The van der Waals surface area contributed by atoms with E-state index in [1.807, 2.05) is 29.3 Å². The van der Waals surface area contributed by atoms with E-state index >= 15 is 0 Å². The zero-order chi connectivity index (χ0) is 13.9. The summed E-state index contributed by atoms with van der Waals surface area (Å²) in [6.07, 6.45) is 0.870. The molecule has 104 valence electrons. The molecule has 1 aliphatic rings. The zero-order valence-electron chi connectivity index (χ0n) is 11.3. The molecule has 1 aromatic heterocycles. The van der Waals surface area contributed by atoms with Crippen molar-refractivity contribution in [2.24, 2.45) is 10.8 Å². The van der Waals surface area contributed by atoms with Crippen molar-refractivity contribution in [2.75, 3.05) is 18.7 Å². The Kier molecular flexibility index (Phi) is 3.71. The molecule has 0 saturated heterocycles. The lowest BCUT2D eigenvalue weighted by Crippen LogP contribution is -2.18. The van der Waals surface area contributed by atoms with Gasteiger partial charge in [-0.05, 0) is 23.6 Å². The highest BCUT2D eigenvalue weighted by molar-refractivity contribution is 7.10. The summed E-state index contributed by atoms with van der Waals surface area (Å²) in [5.74, 6) is 0.830. The van der Waals surface area contributed by atoms with Crippen LogP contribution >= 0.6 is 11.3 Å². The van der Waals surface area contributed by atoms with E-state index in [2.05, 4.69) is 22.6 Å². The third kappa shape index (κ3) is 2.30. The van der Waals surface area contributed by atoms with Gasteiger partial charge in [-0.15, -0.1) is 11.3 Å². The van der Waals surface area contributed by atoms with Crippen LogP contribution in [0.4, 0.5) is 5.69 Å². The van der Waals surface area contributed by atoms with Crippen molar-refractivity contribution in [3.63, 3.8) is 0 Å². The van der Waals surface area contributed by atoms with E-state index in [9.17, 15) is 0 Å². The van der Waals surface area contributed by atoms with Crippen LogP contribution in [0.2, 0.25) is 0 Å². The molecule has 0 fully saturated rings. The van der Waals surface area contributed by atoms with Gasteiger partial charge in [0, 0.05) is 17.8 Å². The maximum absolute atomic E-state index is 5.77. The molecule has 0 spiro atoms. The van der Waals surface area contributed by atoms with Gasteiger partial charge in [0.25, 0.3) is 0 Å². The van der Waals surface area contributed by atoms with Crippen molar-refractivity contribution in [1.29, 1.82) is 0 Å². The number of benzene rings is 1. The molecule has 1 aromatic carbocycles. The minimum atomic E-state index is 0.213. The molecule has 2 aromatic rings. The fourth-order valence-corrected chi connectivity index (χ4v) is 3.25. The molecule has 20 heavy (non-hydrogen) atoms. The van der Waals surface area contributed by atoms with Crippen LogP contribution in [-0.2, 0) is 0 Å². The van der Waals surface area contributed by atoms with Gasteiger partial charge in [-0.2, -0.15) is 5.10 Å². The van der Waals surface area contributed by atoms with Gasteiger partial charge in [-0.1, -0.05) is 18.2 Å². The summed E-state index contributed by atoms with van der Waals surface area (Å²) >= 11 is 1.75. The topological polar surface area (TPSA) is 50.8 Å². The summed E-state index contributed by atoms with van der Waals surface area (Å²) in [6.45, 7) is 0.494. The molecule has 1 aliphatic heterocycles. The average Bonchev–Trinajstić information content (AvgIpc) is 3.15. The van der Waals surface area contributed by atoms with Gasteiger partial charge in [0.15, 0.2) is 0 Å². The number of para-hydroxylation sites is 2. The van der Waals surface area contributed by atoms with E-state index < -0.39 is 0 Å². The van der Waals surface area contributed by atoms with Crippen molar-refractivity contribution in [3.8, 4) is 5.75 Å². The maximum Gasteiger partial charge on any atom is 0.144 e. The Morgan fingerprint density at radius 1 is 1.35 bits per heavy atom. The SMILES string of the molecule is COc1ccccc1N1N=C(CN)CC1c1cccs1. The van der Waals surface area contributed by atoms with Gasteiger partial charge in [-0.25, -0.2) is 0 Å². The lowest BCUT2D eigenvalue weighted by atomic mass is 10.1. The molecule has 0 radical (unpaired) electrons. The molecule has 1 atom stereocenters. The molecule has 2 heterocycles. The van der Waals surface area contributed by atoms with E-state index in [1.54, 1.807) is 18.4 Å². The molecule has 0 amide bonds. The standard InChI is InChI=1S/C15H17N3OS/c1-19-14-6-3-2-5-12(14)18-13(9-11(10-16)17-18)15-7-4-8-20-15/h2-8,13H,9-10,16H2,1H3. The number of anilines is 1. The third-order valence-electron chi connectivity index (χ3n) is 3.41. The fourth-order valence-electron chi connectivity index (χ4n) is 2.44. The van der Waals surface area contributed by atoms with Crippen molar-refractivity contribution in [1.82, 2.24) is 0 Å². The van der Waals surface area contributed by atoms with E-state index in [0.717, 1.165) is 23.6 Å². The molecule has 4 nitrogen and oxygen atoms in total. The van der Waals surface area contributed by atoms with E-state index in [-0.39, 0.29) is 6.04 Å². The number of hydrogen-bond donors (Lipinski definition) is 1. The molecule has 0 saturated carbocycles. The highest BCUT2D eigenvalue weighted by atomic mass is 32.1. The summed E-state index contributed by atoms with van der Waals surface area (Å²) in [4.78, 5) is 1.29. The first-order chi connectivity index (χ1) is 9.83. The van der Waals surface area contributed by atoms with Gasteiger partial charge >= 0.3 is 0 Å². The zero-order valence-corrected chi connectivity index (χ0v) is 12.1. The number of nitrogens with two attached hydrogens (primary N) is 1. The molecule has 0 aliphatic carbocycles. The van der Waals surface area contributed by atoms with E-state index in [4.69, 9.17) is 10.5 Å². The Labute approximate surface area is 122 Å². The first-order valence-corrected chi connectivity index (χ1v) is 7.43. The van der Waals surface area contributed by atoms with E-state index in [0.29, 0.717) is 6.54 Å². The van der Waals surface area contributed by atoms with Crippen molar-refractivity contribution in [3.05, 3.63) is 46.7 Å². The molecule has 2 N–H and O–H groups in total. The van der Waals surface area contributed by atoms with Gasteiger partial charge in [0.05, 0.1) is 18.9 Å². The summed E-state index contributed by atoms with van der Waals surface area (Å²) in [5.41, 5.74) is 7.78. The minimum Gasteiger partial charge on any atom is -0.495 e. The Hall–Kier alpha value is -1.85. The first kappa shape index (κ1) is 13.1. The highest BCUT2D eigenvalue weighted by Crippen LogP contribution is 2.40. The van der Waals surface area contributed by atoms with Crippen LogP contribution in [0.1, 0.15) is 17.3 Å². The maximum atomic E-state index is 5.77. The Balaban J connectivity index is 2.01. The van der Waals surface area contributed by atoms with Gasteiger partial charge in [0.2, 0.25) is 0 Å². The summed E-state index contributed by atoms with van der Waals surface area (Å²) in [7, 11) is 1.68. The molecule has 5 heteroatoms. The molecule has 3 rings (SSSR count). The van der Waals surface area contributed by atoms with Crippen LogP contribution in [0.25, 0.3) is 0 Å². The number of ether oxygens (including phenoxy) is 1. The van der Waals surface area contributed by atoms with Crippen LogP contribution in [0.5, 0.6) is 5.75 Å². The molecular weight excluding hydrogens is 270 g/mol. The molecule has 1 unspecified atom stereocenters. The highest BCUT2D eigenvalue weighted by Gasteiger charge is 2.30. The van der Waals surface area contributed by atoms with Crippen LogP contribution < -0.4 is 15.5 Å². The third-order valence-corrected chi connectivity index (χ3v) is 4.39. The summed E-state index contributed by atoms with van der Waals surface area (Å²) in [6, 6.07) is 12.4. The number of rotatable bonds is 4. The number of methoxy groups -OCH3 is 1. The summed E-state index contributed by atoms with van der Waals surface area (Å²) < 4.78 is 5.45. The van der Waals surface area contributed by atoms with Crippen LogP contribution in [-0.4, -0.2) is 19.4 Å². The Morgan fingerprint density at radius 3 is 2.90 bits per heavy atom. The second-order valence-corrected chi connectivity index (χ2v) is 5.60. The quantitative estimate of drug-likeness (QED) is 0.940. The number of hydrogen-bond acceptors (Lipinski definition) is 5. The van der Waals surface area contributed by atoms with Crippen LogP contribution in [0, 0.1) is 0 Å². The lowest BCUT2D eigenvalue weighted by molar-refractivity contribution is 0.413. The average molecular weight is 287 g/mol. The number of thiophene rings is 1. The lowest BCUT2D eigenvalue weighted by Gasteiger charge is -2.24. The molecular formula is C15H17N3OS. The number of hydrazone groups is 1. The van der Waals surface area contributed by atoms with Gasteiger partial charge < -0.3 is 10.5 Å². The minimum absolute atomic E-state index is 0.213. The van der Waals surface area contributed by atoms with Gasteiger partial charge in [0.1, 0.15) is 11.4 Å². The Bertz CT molecular complexity index is 609. The second-order valence-electron chi connectivity index (χ2n) is 4.62. The predicted molar refractivity (Wildman–Crippen MR) is 83.6 cm³/mol. The van der Waals surface area contributed by atoms with Crippen molar-refractivity contribution >= 4 is 22.7 Å². The van der Waals surface area contributed by atoms with Crippen molar-refractivity contribution in [2.45, 2.75) is 12.5 Å². The van der Waals surface area contributed by atoms with Crippen molar-refractivity contribution < 1.29 is 4.74 Å². The monoisotopic (exact) mass is 287 g/mol. The van der Waals surface area contributed by atoms with E-state index in [1.165, 1.54) is 4.88 Å². The predicted octanol–water partition coefficient (Wildman–Crippen LogP) is 3.02. The second kappa shape index (κ2) is 5.64. The first-order valence-electron chi connectivity index (χ1n) is 6.55. The normalized spacial score (nSPS) is 18.2.